The van der Waals surface area contributed by atoms with Gasteiger partial charge in [-0.15, -0.1) is 5.10 Å². The fourth-order valence-electron chi connectivity index (χ4n) is 1.70. The molecule has 0 saturated carbocycles. The molecule has 0 amide bonds. The van der Waals surface area contributed by atoms with Gasteiger partial charge < -0.3 is 0 Å². The Labute approximate surface area is 88.7 Å². The molecule has 0 aliphatic carbocycles. The monoisotopic (exact) mass is 206 g/mol. The third-order valence-corrected chi connectivity index (χ3v) is 2.51. The Morgan fingerprint density at radius 2 is 2.20 bits per heavy atom. The minimum absolute atomic E-state index is 0.146. The Kier molecular flexibility index (Phi) is 3.98. The zero-order valence-corrected chi connectivity index (χ0v) is 8.97. The largest absolute Gasteiger partial charge is 0.296 e. The van der Waals surface area contributed by atoms with Crippen LogP contribution in [0, 0.1) is 11.3 Å². The van der Waals surface area contributed by atoms with Gasteiger partial charge in [-0.1, -0.05) is 19.1 Å². The van der Waals surface area contributed by atoms with Crippen LogP contribution >= 0.6 is 0 Å². The highest BCUT2D eigenvalue weighted by Crippen LogP contribution is 2.24. The van der Waals surface area contributed by atoms with Crippen LogP contribution in [0.1, 0.15) is 48.8 Å². The Morgan fingerprint density at radius 3 is 2.67 bits per heavy atom. The van der Waals surface area contributed by atoms with Crippen LogP contribution in [0.4, 0.5) is 0 Å². The van der Waals surface area contributed by atoms with Gasteiger partial charge in [0.1, 0.15) is 12.2 Å². The molecule has 1 aromatic heterocycles. The average Bonchev–Trinajstić information content (AvgIpc) is 2.64. The summed E-state index contributed by atoms with van der Waals surface area (Å²) in [5, 5.41) is 16.2. The van der Waals surface area contributed by atoms with E-state index in [1.807, 2.05) is 19.9 Å². The molecule has 0 radical (unpaired) electrons. The lowest BCUT2D eigenvalue weighted by Crippen LogP contribution is -2.09. The van der Waals surface area contributed by atoms with Crippen LogP contribution in [0.15, 0.2) is 0 Å². The van der Waals surface area contributed by atoms with Crippen LogP contribution in [0.25, 0.3) is 0 Å². The summed E-state index contributed by atoms with van der Waals surface area (Å²) in [4.78, 5) is 10.8. The molecule has 0 bridgehead atoms. The Bertz CT molecular complexity index is 373. The minimum Gasteiger partial charge on any atom is -0.296 e. The van der Waals surface area contributed by atoms with Crippen LogP contribution in [0.3, 0.4) is 0 Å². The standard InChI is InChI=1S/C10H14N4O/c1-3-8(4-2)10-9(7-15)12-13-14(10)6-5-11/h7-8H,3-4,6H2,1-2H3. The van der Waals surface area contributed by atoms with E-state index in [4.69, 9.17) is 5.26 Å². The molecule has 0 unspecified atom stereocenters. The molecule has 1 aromatic rings. The first-order valence-corrected chi connectivity index (χ1v) is 5.03. The number of carbonyl (C=O) groups excluding carboxylic acids is 1. The average molecular weight is 206 g/mol. The van der Waals surface area contributed by atoms with E-state index >= 15 is 0 Å². The maximum absolute atomic E-state index is 10.8. The summed E-state index contributed by atoms with van der Waals surface area (Å²) in [5.74, 6) is 0.244. The van der Waals surface area contributed by atoms with Crippen molar-refractivity contribution in [2.24, 2.45) is 0 Å². The van der Waals surface area contributed by atoms with Gasteiger partial charge in [-0.2, -0.15) is 5.26 Å². The van der Waals surface area contributed by atoms with Crippen molar-refractivity contribution < 1.29 is 4.79 Å². The predicted molar refractivity (Wildman–Crippen MR) is 54.3 cm³/mol. The van der Waals surface area contributed by atoms with Crippen LogP contribution in [0.5, 0.6) is 0 Å². The van der Waals surface area contributed by atoms with Crippen molar-refractivity contribution in [3.05, 3.63) is 11.4 Å². The van der Waals surface area contributed by atoms with Crippen molar-refractivity contribution in [3.63, 3.8) is 0 Å². The molecule has 0 aliphatic rings. The second kappa shape index (κ2) is 5.25. The van der Waals surface area contributed by atoms with Crippen molar-refractivity contribution in [3.8, 4) is 6.07 Å². The van der Waals surface area contributed by atoms with E-state index in [1.54, 1.807) is 0 Å². The van der Waals surface area contributed by atoms with E-state index in [2.05, 4.69) is 10.3 Å². The van der Waals surface area contributed by atoms with E-state index in [0.29, 0.717) is 12.0 Å². The molecule has 0 atom stereocenters. The van der Waals surface area contributed by atoms with E-state index in [-0.39, 0.29) is 12.5 Å². The maximum atomic E-state index is 10.8. The lowest BCUT2D eigenvalue weighted by molar-refractivity contribution is 0.111. The molecule has 5 heteroatoms. The molecule has 0 N–H and O–H groups in total. The summed E-state index contributed by atoms with van der Waals surface area (Å²) in [7, 11) is 0. The molecular formula is C10H14N4O. The number of aromatic nitrogens is 3. The fourth-order valence-corrected chi connectivity index (χ4v) is 1.70. The zero-order valence-electron chi connectivity index (χ0n) is 8.97. The van der Waals surface area contributed by atoms with Crippen molar-refractivity contribution in [2.75, 3.05) is 0 Å². The second-order valence-electron chi connectivity index (χ2n) is 3.31. The minimum atomic E-state index is 0.146. The highest BCUT2D eigenvalue weighted by molar-refractivity contribution is 5.73. The molecule has 0 saturated heterocycles. The van der Waals surface area contributed by atoms with Crippen LogP contribution in [-0.4, -0.2) is 21.3 Å². The third kappa shape index (κ3) is 2.21. The van der Waals surface area contributed by atoms with Gasteiger partial charge in [0, 0.05) is 5.92 Å². The summed E-state index contributed by atoms with van der Waals surface area (Å²) < 4.78 is 1.52. The van der Waals surface area contributed by atoms with Crippen LogP contribution < -0.4 is 0 Å². The van der Waals surface area contributed by atoms with E-state index < -0.39 is 0 Å². The van der Waals surface area contributed by atoms with Gasteiger partial charge in [-0.05, 0) is 12.8 Å². The van der Waals surface area contributed by atoms with Crippen molar-refractivity contribution in [1.82, 2.24) is 15.0 Å². The van der Waals surface area contributed by atoms with Crippen molar-refractivity contribution in [1.29, 1.82) is 5.26 Å². The molecule has 1 rings (SSSR count). The third-order valence-electron chi connectivity index (χ3n) is 2.51. The molecule has 0 aliphatic heterocycles. The normalized spacial score (nSPS) is 10.3. The molecular weight excluding hydrogens is 192 g/mol. The van der Waals surface area contributed by atoms with Gasteiger partial charge in [-0.25, -0.2) is 4.68 Å². The van der Waals surface area contributed by atoms with Crippen molar-refractivity contribution >= 4 is 6.29 Å². The number of rotatable bonds is 5. The predicted octanol–water partition coefficient (Wildman–Crippen LogP) is 1.52. The summed E-state index contributed by atoms with van der Waals surface area (Å²) >= 11 is 0. The van der Waals surface area contributed by atoms with Gasteiger partial charge in [0.2, 0.25) is 0 Å². The molecule has 0 spiro atoms. The molecule has 0 fully saturated rings. The zero-order chi connectivity index (χ0) is 11.3. The number of nitriles is 1. The highest BCUT2D eigenvalue weighted by Gasteiger charge is 2.19. The molecule has 1 heterocycles. The number of nitrogens with zero attached hydrogens (tertiary/aromatic N) is 4. The Balaban J connectivity index is 3.15. The SMILES string of the molecule is CCC(CC)c1c(C=O)nnn1CC#N. The number of hydrogen-bond donors (Lipinski definition) is 0. The molecule has 15 heavy (non-hydrogen) atoms. The van der Waals surface area contributed by atoms with Gasteiger partial charge in [0.05, 0.1) is 11.8 Å². The van der Waals surface area contributed by atoms with Crippen LogP contribution in [-0.2, 0) is 6.54 Å². The van der Waals surface area contributed by atoms with Crippen LogP contribution in [0.2, 0.25) is 0 Å². The first-order chi connectivity index (χ1) is 7.28. The molecule has 5 nitrogen and oxygen atoms in total. The summed E-state index contributed by atoms with van der Waals surface area (Å²) in [6.07, 6.45) is 2.53. The van der Waals surface area contributed by atoms with Gasteiger partial charge >= 0.3 is 0 Å². The smallest absolute Gasteiger partial charge is 0.172 e. The summed E-state index contributed by atoms with van der Waals surface area (Å²) in [6, 6.07) is 2.01. The van der Waals surface area contributed by atoms with Gasteiger partial charge in [0.15, 0.2) is 6.29 Å². The Hall–Kier alpha value is -1.70. The summed E-state index contributed by atoms with van der Waals surface area (Å²) in [6.45, 7) is 4.24. The van der Waals surface area contributed by atoms with E-state index in [9.17, 15) is 4.79 Å². The first-order valence-electron chi connectivity index (χ1n) is 5.03. The Morgan fingerprint density at radius 1 is 1.53 bits per heavy atom. The fraction of sp³-hybridized carbons (Fsp3) is 0.600. The van der Waals surface area contributed by atoms with E-state index in [0.717, 1.165) is 18.5 Å². The lowest BCUT2D eigenvalue weighted by Gasteiger charge is -2.12. The lowest BCUT2D eigenvalue weighted by atomic mass is 9.98. The van der Waals surface area contributed by atoms with Gasteiger partial charge in [-0.3, -0.25) is 4.79 Å². The number of carbonyl (C=O) groups is 1. The molecule has 80 valence electrons. The maximum Gasteiger partial charge on any atom is 0.172 e. The topological polar surface area (TPSA) is 71.6 Å². The van der Waals surface area contributed by atoms with E-state index in [1.165, 1.54) is 4.68 Å². The summed E-state index contributed by atoms with van der Waals surface area (Å²) in [5.41, 5.74) is 1.15. The highest BCUT2D eigenvalue weighted by atomic mass is 16.1. The number of aldehydes is 1. The van der Waals surface area contributed by atoms with Gasteiger partial charge in [0.25, 0.3) is 0 Å². The van der Waals surface area contributed by atoms with Crippen molar-refractivity contribution in [2.45, 2.75) is 39.2 Å². The molecule has 0 aromatic carbocycles. The first kappa shape index (κ1) is 11.4. The quantitative estimate of drug-likeness (QED) is 0.685. The number of hydrogen-bond acceptors (Lipinski definition) is 4. The second-order valence-corrected chi connectivity index (χ2v) is 3.31.